The molecule has 3 N–H and O–H groups in total. The predicted molar refractivity (Wildman–Crippen MR) is 106 cm³/mol. The zero-order valence-corrected chi connectivity index (χ0v) is 16.3. The van der Waals surface area contributed by atoms with Gasteiger partial charge in [0.1, 0.15) is 0 Å². The Bertz CT molecular complexity index is 610. The third kappa shape index (κ3) is 4.35. The fourth-order valence-electron chi connectivity index (χ4n) is 5.04. The molecule has 138 valence electrons. The molecule has 3 nitrogen and oxygen atoms in total. The maximum atomic E-state index is 12.5. The quantitative estimate of drug-likeness (QED) is 0.783. The van der Waals surface area contributed by atoms with Crippen molar-refractivity contribution >= 4 is 30.1 Å². The number of carbonyl (C=O) groups is 1. The van der Waals surface area contributed by atoms with Gasteiger partial charge >= 0.3 is 0 Å². The number of amides is 1. The Morgan fingerprint density at radius 3 is 2.60 bits per heavy atom. The maximum Gasteiger partial charge on any atom is 0.230 e. The highest BCUT2D eigenvalue weighted by Crippen LogP contribution is 2.39. The number of nitrogens with one attached hydrogen (secondary N) is 1. The van der Waals surface area contributed by atoms with Gasteiger partial charge in [0.25, 0.3) is 0 Å². The summed E-state index contributed by atoms with van der Waals surface area (Å²) in [4.78, 5) is 13.7. The first kappa shape index (κ1) is 19.1. The van der Waals surface area contributed by atoms with E-state index in [2.05, 4.69) is 23.5 Å². The molecule has 2 unspecified atom stereocenters. The van der Waals surface area contributed by atoms with Crippen molar-refractivity contribution < 1.29 is 4.79 Å². The lowest BCUT2D eigenvalue weighted by molar-refractivity contribution is -0.120. The summed E-state index contributed by atoms with van der Waals surface area (Å²) in [5.41, 5.74) is 9.16. The van der Waals surface area contributed by atoms with E-state index in [1.165, 1.54) is 54.5 Å². The Balaban J connectivity index is 0.00000182. The SMILES string of the molecule is Cl.NC1CC2CCCC(C1)C2NC(=O)CSc1ccc2c(c1)CCC2. The summed E-state index contributed by atoms with van der Waals surface area (Å²) in [6.45, 7) is 0. The van der Waals surface area contributed by atoms with Crippen LogP contribution in [0.5, 0.6) is 0 Å². The summed E-state index contributed by atoms with van der Waals surface area (Å²) in [5, 5.41) is 3.35. The smallest absolute Gasteiger partial charge is 0.230 e. The molecular weight excluding hydrogens is 352 g/mol. The van der Waals surface area contributed by atoms with Gasteiger partial charge in [0, 0.05) is 17.0 Å². The van der Waals surface area contributed by atoms with E-state index < -0.39 is 0 Å². The van der Waals surface area contributed by atoms with E-state index in [1.54, 1.807) is 11.8 Å². The second-order valence-corrected chi connectivity index (χ2v) is 8.90. The number of nitrogens with two attached hydrogens (primary N) is 1. The summed E-state index contributed by atoms with van der Waals surface area (Å²) in [5.74, 6) is 1.92. The fraction of sp³-hybridized carbons (Fsp3) is 0.650. The second kappa shape index (κ2) is 8.32. The lowest BCUT2D eigenvalue weighted by atomic mass is 9.67. The number of fused-ring (bicyclic) bond motifs is 3. The Labute approximate surface area is 161 Å². The van der Waals surface area contributed by atoms with E-state index >= 15 is 0 Å². The van der Waals surface area contributed by atoms with Crippen LogP contribution >= 0.6 is 24.2 Å². The average molecular weight is 381 g/mol. The maximum absolute atomic E-state index is 12.5. The van der Waals surface area contributed by atoms with E-state index in [-0.39, 0.29) is 18.3 Å². The van der Waals surface area contributed by atoms with Crippen molar-refractivity contribution in [1.82, 2.24) is 5.32 Å². The first-order valence-corrected chi connectivity index (χ1v) is 10.5. The van der Waals surface area contributed by atoms with Crippen LogP contribution in [0.15, 0.2) is 23.1 Å². The predicted octanol–water partition coefficient (Wildman–Crippen LogP) is 3.71. The van der Waals surface area contributed by atoms with Crippen LogP contribution in [0.1, 0.15) is 49.7 Å². The second-order valence-electron chi connectivity index (χ2n) is 7.85. The Morgan fingerprint density at radius 1 is 1.12 bits per heavy atom. The molecule has 5 heteroatoms. The summed E-state index contributed by atoms with van der Waals surface area (Å²) < 4.78 is 0. The lowest BCUT2D eigenvalue weighted by Gasteiger charge is -2.45. The third-order valence-electron chi connectivity index (χ3n) is 6.14. The van der Waals surface area contributed by atoms with Gasteiger partial charge < -0.3 is 11.1 Å². The number of thioether (sulfide) groups is 1. The monoisotopic (exact) mass is 380 g/mol. The molecule has 1 aromatic rings. The highest BCUT2D eigenvalue weighted by molar-refractivity contribution is 8.00. The minimum Gasteiger partial charge on any atom is -0.352 e. The van der Waals surface area contributed by atoms with Crippen molar-refractivity contribution in [2.75, 3.05) is 5.75 Å². The molecular formula is C20H29ClN2OS. The van der Waals surface area contributed by atoms with Crippen molar-refractivity contribution in [1.29, 1.82) is 0 Å². The van der Waals surface area contributed by atoms with Crippen LogP contribution in [0.25, 0.3) is 0 Å². The van der Waals surface area contributed by atoms with Gasteiger partial charge in [-0.25, -0.2) is 0 Å². The molecule has 1 amide bonds. The zero-order valence-electron chi connectivity index (χ0n) is 14.7. The van der Waals surface area contributed by atoms with Crippen LogP contribution in [0.4, 0.5) is 0 Å². The highest BCUT2D eigenvalue weighted by Gasteiger charge is 2.39. The first-order chi connectivity index (χ1) is 11.7. The minimum atomic E-state index is 0. The third-order valence-corrected chi connectivity index (χ3v) is 7.14. The van der Waals surface area contributed by atoms with Crippen molar-refractivity contribution in [3.05, 3.63) is 29.3 Å². The number of rotatable bonds is 4. The number of carbonyl (C=O) groups excluding carboxylic acids is 1. The summed E-state index contributed by atoms with van der Waals surface area (Å²) in [6.07, 6.45) is 9.61. The Hall–Kier alpha value is -0.710. The molecule has 25 heavy (non-hydrogen) atoms. The van der Waals surface area contributed by atoms with Crippen LogP contribution in [0, 0.1) is 11.8 Å². The summed E-state index contributed by atoms with van der Waals surface area (Å²) in [7, 11) is 0. The van der Waals surface area contributed by atoms with Gasteiger partial charge in [-0.2, -0.15) is 0 Å². The van der Waals surface area contributed by atoms with Gasteiger partial charge in [0.15, 0.2) is 0 Å². The molecule has 0 spiro atoms. The molecule has 3 aliphatic rings. The van der Waals surface area contributed by atoms with E-state index in [0.29, 0.717) is 29.7 Å². The van der Waals surface area contributed by atoms with Crippen LogP contribution in [0.3, 0.4) is 0 Å². The van der Waals surface area contributed by atoms with Crippen molar-refractivity contribution in [2.24, 2.45) is 17.6 Å². The van der Waals surface area contributed by atoms with Crippen LogP contribution < -0.4 is 11.1 Å². The van der Waals surface area contributed by atoms with Gasteiger partial charge in [0.2, 0.25) is 5.91 Å². The molecule has 2 bridgehead atoms. The number of benzene rings is 1. The van der Waals surface area contributed by atoms with Gasteiger partial charge in [-0.15, -0.1) is 24.2 Å². The molecule has 2 saturated carbocycles. The van der Waals surface area contributed by atoms with Crippen LogP contribution in [-0.2, 0) is 17.6 Å². The lowest BCUT2D eigenvalue weighted by Crippen LogP contribution is -2.54. The van der Waals surface area contributed by atoms with Gasteiger partial charge in [0.05, 0.1) is 5.75 Å². The van der Waals surface area contributed by atoms with Crippen molar-refractivity contribution in [3.8, 4) is 0 Å². The molecule has 3 aliphatic carbocycles. The molecule has 2 atom stereocenters. The minimum absolute atomic E-state index is 0. The first-order valence-electron chi connectivity index (χ1n) is 9.48. The van der Waals surface area contributed by atoms with E-state index in [4.69, 9.17) is 5.73 Å². The van der Waals surface area contributed by atoms with Gasteiger partial charge in [-0.1, -0.05) is 12.5 Å². The number of halogens is 1. The molecule has 0 saturated heterocycles. The molecule has 0 aliphatic heterocycles. The molecule has 0 radical (unpaired) electrons. The van der Waals surface area contributed by atoms with Crippen molar-refractivity contribution in [3.63, 3.8) is 0 Å². The fourth-order valence-corrected chi connectivity index (χ4v) is 5.81. The molecule has 0 aromatic heterocycles. The number of hydrogen-bond donors (Lipinski definition) is 2. The van der Waals surface area contributed by atoms with Gasteiger partial charge in [-0.05, 0) is 80.0 Å². The molecule has 2 fully saturated rings. The summed E-state index contributed by atoms with van der Waals surface area (Å²) in [6, 6.07) is 7.42. The Morgan fingerprint density at radius 2 is 1.84 bits per heavy atom. The van der Waals surface area contributed by atoms with Crippen molar-refractivity contribution in [2.45, 2.75) is 68.3 Å². The highest BCUT2D eigenvalue weighted by atomic mass is 35.5. The molecule has 1 aromatic carbocycles. The largest absolute Gasteiger partial charge is 0.352 e. The Kier molecular flexibility index (Phi) is 6.35. The number of hydrogen-bond acceptors (Lipinski definition) is 3. The van der Waals surface area contributed by atoms with Crippen LogP contribution in [-0.4, -0.2) is 23.7 Å². The molecule has 4 rings (SSSR count). The normalized spacial score (nSPS) is 30.3. The zero-order chi connectivity index (χ0) is 16.5. The summed E-state index contributed by atoms with van der Waals surface area (Å²) >= 11 is 1.68. The van der Waals surface area contributed by atoms with Crippen LogP contribution in [0.2, 0.25) is 0 Å². The van der Waals surface area contributed by atoms with E-state index in [0.717, 1.165) is 12.8 Å². The average Bonchev–Trinajstić information content (AvgIpc) is 3.01. The molecule has 0 heterocycles. The van der Waals surface area contributed by atoms with Gasteiger partial charge in [-0.3, -0.25) is 4.79 Å². The topological polar surface area (TPSA) is 55.1 Å². The standard InChI is InChI=1S/C20H28N2OS.ClH/c21-17-9-15-5-2-6-16(10-17)20(15)22-19(23)12-24-18-8-7-13-3-1-4-14(13)11-18;/h7-8,11,15-17,20H,1-6,9-10,12,21H2,(H,22,23);1H. The van der Waals surface area contributed by atoms with E-state index in [1.807, 2.05) is 0 Å². The van der Waals surface area contributed by atoms with E-state index in [9.17, 15) is 4.79 Å². The number of aryl methyl sites for hydroxylation is 2.